The predicted octanol–water partition coefficient (Wildman–Crippen LogP) is 6.37. The summed E-state index contributed by atoms with van der Waals surface area (Å²) in [4.78, 5) is 18.0. The maximum atomic E-state index is 13.6. The Bertz CT molecular complexity index is 1630. The lowest BCUT2D eigenvalue weighted by molar-refractivity contribution is -0.249. The zero-order valence-electron chi connectivity index (χ0n) is 29.2. The average molecular weight is 732 g/mol. The van der Waals surface area contributed by atoms with Gasteiger partial charge >= 0.3 is 0 Å². The van der Waals surface area contributed by atoms with Crippen molar-refractivity contribution in [3.63, 3.8) is 0 Å². The first-order chi connectivity index (χ1) is 24.1. The van der Waals surface area contributed by atoms with Crippen LogP contribution in [0.25, 0.3) is 0 Å². The number of nitrogens with zero attached hydrogens (tertiary/aromatic N) is 2. The second kappa shape index (κ2) is 15.3. The van der Waals surface area contributed by atoms with Gasteiger partial charge in [0.1, 0.15) is 18.5 Å². The molecule has 1 N–H and O–H groups in total. The molecular formula is C38H51ClFN3O6S. The first-order valence-corrected chi connectivity index (χ1v) is 20.4. The largest absolute Gasteiger partial charge is 0.487 e. The molecule has 0 unspecified atom stereocenters. The molecule has 50 heavy (non-hydrogen) atoms. The highest BCUT2D eigenvalue weighted by Gasteiger charge is 2.45. The van der Waals surface area contributed by atoms with Crippen LogP contribution in [0.5, 0.6) is 5.75 Å². The van der Waals surface area contributed by atoms with E-state index in [9.17, 15) is 17.6 Å². The standard InChI is InChI=1S/C38H51ClFN3O6S/c1-24-6-5-8-34(38-48-22-32(23-49-38)43-19-31(40)20-43)33-13-10-28(33)18-42-15-4-3-7-26-16-30(39)12-9-29(26)21-47-36-14-11-27(17-35(36)42)37(44)41-50(45,46)25(24)2/h9,11-12,14,16-17,24-25,28,31-34,38H,3-8,10,13,15,18-23H2,1-2H3,(H,41,44)/t24-,25+,28-,32?,33+,34-,38?/m0/s1. The molecule has 2 bridgehead atoms. The van der Waals surface area contributed by atoms with Gasteiger partial charge in [-0.15, -0.1) is 0 Å². The number of hydrogen-bond acceptors (Lipinski definition) is 8. The van der Waals surface area contributed by atoms with Gasteiger partial charge in [0.15, 0.2) is 6.29 Å². The number of carbonyl (C=O) groups is 1. The Morgan fingerprint density at radius 3 is 2.44 bits per heavy atom. The van der Waals surface area contributed by atoms with E-state index in [0.717, 1.165) is 69.3 Å². The zero-order valence-corrected chi connectivity index (χ0v) is 30.8. The fraction of sp³-hybridized carbons (Fsp3) is 0.658. The number of likely N-dealkylation sites (tertiary alicyclic amines) is 1. The minimum absolute atomic E-state index is 0.0777. The highest BCUT2D eigenvalue weighted by Crippen LogP contribution is 2.46. The van der Waals surface area contributed by atoms with Crippen LogP contribution < -0.4 is 14.4 Å². The Kier molecular flexibility index (Phi) is 11.0. The fourth-order valence-electron chi connectivity index (χ4n) is 8.52. The Labute approximate surface area is 301 Å². The minimum Gasteiger partial charge on any atom is -0.487 e. The number of sulfonamides is 1. The van der Waals surface area contributed by atoms with Gasteiger partial charge in [-0.05, 0) is 111 Å². The van der Waals surface area contributed by atoms with E-state index in [-0.39, 0.29) is 29.7 Å². The van der Waals surface area contributed by atoms with Crippen LogP contribution in [-0.2, 0) is 32.5 Å². The summed E-state index contributed by atoms with van der Waals surface area (Å²) >= 11 is 6.37. The van der Waals surface area contributed by atoms with E-state index >= 15 is 0 Å². The number of ether oxygens (including phenoxy) is 3. The second-order valence-electron chi connectivity index (χ2n) is 15.3. The van der Waals surface area contributed by atoms with Crippen molar-refractivity contribution < 1.29 is 31.8 Å². The first-order valence-electron chi connectivity index (χ1n) is 18.5. The van der Waals surface area contributed by atoms with Gasteiger partial charge in [-0.25, -0.2) is 17.5 Å². The number of benzene rings is 2. The van der Waals surface area contributed by atoms with Crippen molar-refractivity contribution >= 4 is 33.2 Å². The molecule has 0 radical (unpaired) electrons. The molecule has 0 aromatic heterocycles. The molecule has 0 spiro atoms. The summed E-state index contributed by atoms with van der Waals surface area (Å²) in [5.41, 5.74) is 3.35. The summed E-state index contributed by atoms with van der Waals surface area (Å²) in [5, 5.41) is -0.0401. The van der Waals surface area contributed by atoms with Gasteiger partial charge in [0.05, 0.1) is 30.2 Å². The zero-order chi connectivity index (χ0) is 35.0. The van der Waals surface area contributed by atoms with Crippen LogP contribution in [0, 0.1) is 23.7 Å². The smallest absolute Gasteiger partial charge is 0.264 e. The lowest BCUT2D eigenvalue weighted by atomic mass is 9.65. The quantitative estimate of drug-likeness (QED) is 0.381. The molecular weight excluding hydrogens is 681 g/mol. The average Bonchev–Trinajstić information content (AvgIpc) is 3.10. The minimum atomic E-state index is -3.93. The SMILES string of the molecule is C[C@@H]1[C@@H](C)CCC[C@H](C2OCC(N3CC(F)C3)CO2)[C@@H]2CC[C@H]2CN2CCCCc3cc(Cl)ccc3COc3ccc(cc32)C(=O)NS1(=O)=O. The van der Waals surface area contributed by atoms with Gasteiger partial charge in [-0.2, -0.15) is 0 Å². The number of rotatable bonds is 2. The van der Waals surface area contributed by atoms with Gasteiger partial charge in [-0.3, -0.25) is 9.69 Å². The number of anilines is 1. The van der Waals surface area contributed by atoms with Gasteiger partial charge in [0.2, 0.25) is 10.0 Å². The summed E-state index contributed by atoms with van der Waals surface area (Å²) in [6.07, 6.45) is 6.25. The number of carbonyl (C=O) groups excluding carboxylic acids is 1. The summed E-state index contributed by atoms with van der Waals surface area (Å²) < 4.78 is 62.3. The monoisotopic (exact) mass is 731 g/mol. The van der Waals surface area contributed by atoms with Gasteiger partial charge in [-0.1, -0.05) is 31.0 Å². The van der Waals surface area contributed by atoms with Crippen LogP contribution in [0.4, 0.5) is 10.1 Å². The van der Waals surface area contributed by atoms with Gasteiger partial charge in [0, 0.05) is 42.7 Å². The molecule has 9 nitrogen and oxygen atoms in total. The summed E-state index contributed by atoms with van der Waals surface area (Å²) in [7, 11) is -3.93. The van der Waals surface area contributed by atoms with E-state index in [1.807, 2.05) is 25.1 Å². The van der Waals surface area contributed by atoms with Crippen LogP contribution >= 0.6 is 11.6 Å². The number of fused-ring (bicyclic) bond motifs is 3. The maximum absolute atomic E-state index is 13.6. The highest BCUT2D eigenvalue weighted by atomic mass is 35.5. The Balaban J connectivity index is 1.19. The van der Waals surface area contributed by atoms with Crippen LogP contribution in [0.3, 0.4) is 0 Å². The third-order valence-corrected chi connectivity index (χ3v) is 14.2. The normalized spacial score (nSPS) is 32.9. The molecule has 2 saturated heterocycles. The number of amides is 1. The van der Waals surface area contributed by atoms with Gasteiger partial charge in [0.25, 0.3) is 5.91 Å². The Hall–Kier alpha value is -2.44. The summed E-state index contributed by atoms with van der Waals surface area (Å²) in [5.74, 6) is 0.813. The molecule has 1 saturated carbocycles. The number of aryl methyl sites for hydroxylation is 1. The van der Waals surface area contributed by atoms with Crippen LogP contribution in [0.15, 0.2) is 36.4 Å². The number of halogens is 2. The Morgan fingerprint density at radius 1 is 0.900 bits per heavy atom. The molecule has 3 fully saturated rings. The summed E-state index contributed by atoms with van der Waals surface area (Å²) in [6, 6.07) is 11.3. The molecule has 5 aliphatic rings. The Morgan fingerprint density at radius 2 is 1.70 bits per heavy atom. The van der Waals surface area contributed by atoms with Crippen molar-refractivity contribution in [3.8, 4) is 5.75 Å². The van der Waals surface area contributed by atoms with E-state index in [4.69, 9.17) is 25.8 Å². The van der Waals surface area contributed by atoms with E-state index in [1.54, 1.807) is 25.1 Å². The van der Waals surface area contributed by atoms with Crippen molar-refractivity contribution in [1.29, 1.82) is 0 Å². The van der Waals surface area contributed by atoms with Gasteiger partial charge < -0.3 is 19.1 Å². The van der Waals surface area contributed by atoms with Crippen molar-refractivity contribution in [3.05, 3.63) is 58.1 Å². The third-order valence-electron chi connectivity index (χ3n) is 12.1. The van der Waals surface area contributed by atoms with E-state index in [0.29, 0.717) is 61.9 Å². The number of nitrogens with one attached hydrogen (secondary N) is 1. The van der Waals surface area contributed by atoms with Crippen LogP contribution in [-0.4, -0.2) is 82.4 Å². The van der Waals surface area contributed by atoms with E-state index in [1.165, 1.54) is 5.56 Å². The number of alkyl halides is 1. The molecule has 2 aromatic rings. The summed E-state index contributed by atoms with van der Waals surface area (Å²) in [6.45, 7) is 7.49. The number of hydrogen-bond donors (Lipinski definition) is 1. The molecule has 1 amide bonds. The molecule has 274 valence electrons. The van der Waals surface area contributed by atoms with Crippen molar-refractivity contribution in [2.45, 2.75) is 95.6 Å². The topological polar surface area (TPSA) is 97.4 Å². The highest BCUT2D eigenvalue weighted by molar-refractivity contribution is 7.90. The van der Waals surface area contributed by atoms with Crippen molar-refractivity contribution in [2.24, 2.45) is 23.7 Å². The lowest BCUT2D eigenvalue weighted by Gasteiger charge is -2.49. The van der Waals surface area contributed by atoms with E-state index in [2.05, 4.69) is 14.5 Å². The first kappa shape index (κ1) is 35.9. The van der Waals surface area contributed by atoms with Crippen molar-refractivity contribution in [1.82, 2.24) is 9.62 Å². The molecule has 4 heterocycles. The van der Waals surface area contributed by atoms with Crippen LogP contribution in [0.1, 0.15) is 80.3 Å². The fourth-order valence-corrected chi connectivity index (χ4v) is 10.0. The molecule has 7 rings (SSSR count). The third kappa shape index (κ3) is 7.82. The molecule has 2 aromatic carbocycles. The van der Waals surface area contributed by atoms with E-state index < -0.39 is 27.4 Å². The molecule has 5 atom stereocenters. The van der Waals surface area contributed by atoms with Crippen LogP contribution in [0.2, 0.25) is 5.02 Å². The molecule has 1 aliphatic carbocycles. The molecule has 12 heteroatoms. The van der Waals surface area contributed by atoms with Crippen molar-refractivity contribution in [2.75, 3.05) is 44.3 Å². The predicted molar refractivity (Wildman–Crippen MR) is 192 cm³/mol. The maximum Gasteiger partial charge on any atom is 0.264 e. The second-order valence-corrected chi connectivity index (χ2v) is 17.8. The lowest BCUT2D eigenvalue weighted by Crippen LogP contribution is -2.59. The molecule has 4 aliphatic heterocycles.